The largest absolute Gasteiger partial charge is 0.382 e. The average Bonchev–Trinajstić information content (AvgIpc) is 3.06. The number of benzene rings is 1. The molecule has 4 rings (SSSR count). The minimum atomic E-state index is -1.85. The third-order valence-corrected chi connectivity index (χ3v) is 4.94. The number of nitrogen functional groups attached to an aromatic ring is 1. The van der Waals surface area contributed by atoms with Gasteiger partial charge in [0, 0.05) is 16.1 Å². The van der Waals surface area contributed by atoms with Crippen LogP contribution in [0.3, 0.4) is 0 Å². The van der Waals surface area contributed by atoms with Crippen molar-refractivity contribution in [2.45, 2.75) is 12.6 Å². The molecule has 1 atom stereocenters. The predicted molar refractivity (Wildman–Crippen MR) is 113 cm³/mol. The van der Waals surface area contributed by atoms with Crippen LogP contribution in [0.4, 0.5) is 16.0 Å². The summed E-state index contributed by atoms with van der Waals surface area (Å²) in [5.74, 6) is -0.638. The zero-order valence-electron chi connectivity index (χ0n) is 15.8. The maximum absolute atomic E-state index is 14.1. The number of halogens is 3. The topological polar surface area (TPSA) is 138 Å². The number of nitrogens with one attached hydrogen (secondary N) is 1. The molecule has 0 aliphatic rings. The second-order valence-electron chi connectivity index (χ2n) is 6.71. The maximum Gasteiger partial charge on any atom is 0.162 e. The van der Waals surface area contributed by atoms with E-state index >= 15 is 0 Å². The molecular formula is C19H13Cl2FN8O. The maximum atomic E-state index is 14.1. The molecule has 0 unspecified atom stereocenters. The second kappa shape index (κ2) is 7.63. The van der Waals surface area contributed by atoms with Gasteiger partial charge in [-0.05, 0) is 31.2 Å². The summed E-state index contributed by atoms with van der Waals surface area (Å²) in [6.45, 7) is 1.41. The van der Waals surface area contributed by atoms with Crippen molar-refractivity contribution in [3.8, 4) is 17.3 Å². The van der Waals surface area contributed by atoms with Gasteiger partial charge < -0.3 is 16.2 Å². The molecule has 0 radical (unpaired) electrons. The molecule has 0 saturated carbocycles. The molecule has 9 nitrogen and oxygen atoms in total. The van der Waals surface area contributed by atoms with E-state index in [1.165, 1.54) is 35.8 Å². The second-order valence-corrected chi connectivity index (χ2v) is 7.53. The molecule has 4 N–H and O–H groups in total. The Balaban J connectivity index is 1.93. The number of aliphatic hydroxyl groups is 1. The van der Waals surface area contributed by atoms with Crippen molar-refractivity contribution in [3.05, 3.63) is 63.9 Å². The molecule has 31 heavy (non-hydrogen) atoms. The number of anilines is 2. The molecule has 0 aliphatic heterocycles. The first-order valence-corrected chi connectivity index (χ1v) is 9.47. The van der Waals surface area contributed by atoms with Crippen LogP contribution in [0, 0.1) is 17.1 Å². The molecule has 12 heteroatoms. The number of fused-ring (bicyclic) bond motifs is 1. The summed E-state index contributed by atoms with van der Waals surface area (Å²) >= 11 is 12.2. The molecule has 4 aromatic rings. The molecule has 0 amide bonds. The van der Waals surface area contributed by atoms with Gasteiger partial charge in [0.05, 0.1) is 11.9 Å². The highest BCUT2D eigenvalue weighted by molar-refractivity contribution is 6.31. The molecule has 1 aromatic carbocycles. The van der Waals surface area contributed by atoms with Crippen molar-refractivity contribution in [2.24, 2.45) is 0 Å². The minimum absolute atomic E-state index is 0.00414. The van der Waals surface area contributed by atoms with Crippen LogP contribution in [-0.2, 0) is 5.72 Å². The van der Waals surface area contributed by atoms with Gasteiger partial charge in [0.15, 0.2) is 22.3 Å². The van der Waals surface area contributed by atoms with E-state index in [9.17, 15) is 14.8 Å². The molecule has 3 heterocycles. The normalized spacial score (nSPS) is 13.0. The van der Waals surface area contributed by atoms with Crippen molar-refractivity contribution in [1.29, 1.82) is 5.26 Å². The van der Waals surface area contributed by atoms with Crippen LogP contribution in [0.2, 0.25) is 10.2 Å². The number of nitriles is 1. The number of aromatic nitrogens is 5. The molecule has 0 aliphatic carbocycles. The van der Waals surface area contributed by atoms with Crippen LogP contribution in [0.5, 0.6) is 0 Å². The fourth-order valence-electron chi connectivity index (χ4n) is 3.06. The fraction of sp³-hybridized carbons (Fsp3) is 0.105. The lowest BCUT2D eigenvalue weighted by atomic mass is 9.98. The summed E-state index contributed by atoms with van der Waals surface area (Å²) in [5.41, 5.74) is 4.82. The Hall–Kier alpha value is -3.52. The monoisotopic (exact) mass is 458 g/mol. The first kappa shape index (κ1) is 20.7. The Morgan fingerprint density at radius 2 is 2.00 bits per heavy atom. The van der Waals surface area contributed by atoms with Crippen molar-refractivity contribution in [1.82, 2.24) is 24.6 Å². The number of rotatable bonds is 4. The highest BCUT2D eigenvalue weighted by Gasteiger charge is 2.31. The Morgan fingerprint density at radius 3 is 2.71 bits per heavy atom. The molecule has 156 valence electrons. The summed E-state index contributed by atoms with van der Waals surface area (Å²) in [6.07, 6.45) is 2.54. The number of nitrogens with two attached hydrogens (primary N) is 1. The Bertz CT molecular complexity index is 1350. The highest BCUT2D eigenvalue weighted by atomic mass is 35.5. The molecule has 0 fully saturated rings. The van der Waals surface area contributed by atoms with Gasteiger partial charge in [-0.25, -0.2) is 23.9 Å². The van der Waals surface area contributed by atoms with E-state index in [2.05, 4.69) is 25.4 Å². The third-order valence-electron chi connectivity index (χ3n) is 4.46. The summed E-state index contributed by atoms with van der Waals surface area (Å²) in [4.78, 5) is 11.9. The summed E-state index contributed by atoms with van der Waals surface area (Å²) in [6, 6.07) is 7.27. The molecule has 0 bridgehead atoms. The van der Waals surface area contributed by atoms with Crippen LogP contribution < -0.4 is 11.1 Å². The lowest BCUT2D eigenvalue weighted by Gasteiger charge is -2.28. The average molecular weight is 459 g/mol. The first-order valence-electron chi connectivity index (χ1n) is 8.72. The smallest absolute Gasteiger partial charge is 0.162 e. The summed E-state index contributed by atoms with van der Waals surface area (Å²) in [5, 5.41) is 28.3. The van der Waals surface area contributed by atoms with Crippen molar-refractivity contribution < 1.29 is 9.50 Å². The standard InChI is InChI=1S/C19H13Cl2FN8O/c1-19(31,28-18-12(6-23)17(24)26-8-27-18)13-5-15-25-7-14(21)30(15)29-16(13)9-2-10(20)4-11(22)3-9/h2-5,7-8,31H,1H3,(H3,24,26,27,28)/t19-/m1/s1. The van der Waals surface area contributed by atoms with Crippen LogP contribution in [0.15, 0.2) is 36.8 Å². The van der Waals surface area contributed by atoms with E-state index in [-0.39, 0.29) is 44.2 Å². The van der Waals surface area contributed by atoms with Crippen LogP contribution in [0.25, 0.3) is 16.9 Å². The van der Waals surface area contributed by atoms with Crippen LogP contribution in [0.1, 0.15) is 18.1 Å². The fourth-order valence-corrected chi connectivity index (χ4v) is 3.46. The van der Waals surface area contributed by atoms with Gasteiger partial charge in [-0.1, -0.05) is 23.2 Å². The SMILES string of the molecule is C[C@](O)(Nc1ncnc(N)c1C#N)c1cc2ncc(Cl)n2nc1-c1cc(F)cc(Cl)c1. The number of nitrogens with zero attached hydrogens (tertiary/aromatic N) is 6. The Morgan fingerprint density at radius 1 is 1.23 bits per heavy atom. The van der Waals surface area contributed by atoms with E-state index < -0.39 is 11.5 Å². The van der Waals surface area contributed by atoms with Gasteiger partial charge >= 0.3 is 0 Å². The van der Waals surface area contributed by atoms with E-state index in [1.807, 2.05) is 6.07 Å². The molecule has 3 aromatic heterocycles. The first-order chi connectivity index (χ1) is 14.7. The van der Waals surface area contributed by atoms with Gasteiger partial charge in [0.1, 0.15) is 29.6 Å². The quantitative estimate of drug-likeness (QED) is 0.395. The van der Waals surface area contributed by atoms with Gasteiger partial charge in [0.2, 0.25) is 0 Å². The van der Waals surface area contributed by atoms with Gasteiger partial charge in [-0.2, -0.15) is 10.4 Å². The lowest BCUT2D eigenvalue weighted by molar-refractivity contribution is 0.0885. The van der Waals surface area contributed by atoms with E-state index in [0.717, 1.165) is 12.4 Å². The number of hydrogen-bond acceptors (Lipinski definition) is 8. The van der Waals surface area contributed by atoms with Crippen LogP contribution in [-0.4, -0.2) is 29.7 Å². The zero-order chi connectivity index (χ0) is 22.3. The predicted octanol–water partition coefficient (Wildman–Crippen LogP) is 3.36. The van der Waals surface area contributed by atoms with Crippen molar-refractivity contribution >= 4 is 40.5 Å². The number of imidazole rings is 1. The van der Waals surface area contributed by atoms with E-state index in [1.54, 1.807) is 0 Å². The zero-order valence-corrected chi connectivity index (χ0v) is 17.3. The van der Waals surface area contributed by atoms with Crippen molar-refractivity contribution in [3.63, 3.8) is 0 Å². The molecule has 0 spiro atoms. The molecular weight excluding hydrogens is 446 g/mol. The minimum Gasteiger partial charge on any atom is -0.382 e. The van der Waals surface area contributed by atoms with Gasteiger partial charge in [0.25, 0.3) is 0 Å². The third kappa shape index (κ3) is 3.82. The van der Waals surface area contributed by atoms with Gasteiger partial charge in [-0.15, -0.1) is 0 Å². The summed E-state index contributed by atoms with van der Waals surface area (Å²) in [7, 11) is 0. The summed E-state index contributed by atoms with van der Waals surface area (Å²) < 4.78 is 15.4. The highest BCUT2D eigenvalue weighted by Crippen LogP contribution is 2.34. The Labute approximate surface area is 184 Å². The Kier molecular flexibility index (Phi) is 5.10. The lowest BCUT2D eigenvalue weighted by Crippen LogP contribution is -2.33. The van der Waals surface area contributed by atoms with E-state index in [4.69, 9.17) is 28.9 Å². The van der Waals surface area contributed by atoms with E-state index in [0.29, 0.717) is 5.65 Å². The van der Waals surface area contributed by atoms with Gasteiger partial charge in [-0.3, -0.25) is 0 Å². The van der Waals surface area contributed by atoms with Crippen molar-refractivity contribution in [2.75, 3.05) is 11.1 Å². The number of hydrogen-bond donors (Lipinski definition) is 3. The molecule has 0 saturated heterocycles. The van der Waals surface area contributed by atoms with Crippen LogP contribution >= 0.6 is 23.2 Å².